The molecule has 0 aliphatic carbocycles. The van der Waals surface area contributed by atoms with Crippen LogP contribution in [0.5, 0.6) is 0 Å². The number of nitrogens with zero attached hydrogens (tertiary/aromatic N) is 2. The molecule has 0 radical (unpaired) electrons. The van der Waals surface area contributed by atoms with Crippen molar-refractivity contribution in [3.63, 3.8) is 0 Å². The predicted molar refractivity (Wildman–Crippen MR) is 68.9 cm³/mol. The highest BCUT2D eigenvalue weighted by Crippen LogP contribution is 2.31. The zero-order chi connectivity index (χ0) is 14.9. The lowest BCUT2D eigenvalue weighted by atomic mass is 10.1. The van der Waals surface area contributed by atoms with Crippen molar-refractivity contribution in [3.8, 4) is 0 Å². The van der Waals surface area contributed by atoms with E-state index in [0.717, 1.165) is 18.0 Å². The van der Waals surface area contributed by atoms with Crippen LogP contribution in [0.25, 0.3) is 0 Å². The van der Waals surface area contributed by atoms with Gasteiger partial charge in [0.1, 0.15) is 15.9 Å². The van der Waals surface area contributed by atoms with Gasteiger partial charge < -0.3 is 5.11 Å². The summed E-state index contributed by atoms with van der Waals surface area (Å²) in [5, 5.41) is 9.21. The average Bonchev–Trinajstić information content (AvgIpc) is 2.31. The second kappa shape index (κ2) is 5.54. The number of aryl methyl sites for hydroxylation is 2. The lowest BCUT2D eigenvalue weighted by Crippen LogP contribution is -2.05. The topological polar surface area (TPSA) is 63.1 Å². The first-order valence-electron chi connectivity index (χ1n) is 5.59. The minimum absolute atomic E-state index is 0.00822. The van der Waals surface area contributed by atoms with Gasteiger partial charge in [-0.15, -0.1) is 0 Å². The number of carbonyl (C=O) groups is 1. The largest absolute Gasteiger partial charge is 0.478 e. The van der Waals surface area contributed by atoms with Crippen molar-refractivity contribution >= 4 is 17.7 Å². The van der Waals surface area contributed by atoms with Crippen LogP contribution in [0.3, 0.4) is 0 Å². The van der Waals surface area contributed by atoms with Crippen LogP contribution in [0.1, 0.15) is 21.6 Å². The number of rotatable bonds is 3. The van der Waals surface area contributed by atoms with Crippen molar-refractivity contribution in [2.24, 2.45) is 0 Å². The molecule has 104 valence electrons. The zero-order valence-corrected chi connectivity index (χ0v) is 11.5. The highest BCUT2D eigenvalue weighted by Gasteiger charge is 2.19. The predicted octanol–water partition coefficient (Wildman–Crippen LogP) is 3.22. The Labute approximate surface area is 117 Å². The molecule has 0 aliphatic heterocycles. The van der Waals surface area contributed by atoms with Crippen LogP contribution in [0.4, 0.5) is 8.78 Å². The molecule has 2 aromatic rings. The highest BCUT2D eigenvalue weighted by molar-refractivity contribution is 7.99. The van der Waals surface area contributed by atoms with Crippen molar-refractivity contribution in [1.82, 2.24) is 9.97 Å². The van der Waals surface area contributed by atoms with Gasteiger partial charge in [0.2, 0.25) is 0 Å². The van der Waals surface area contributed by atoms with Crippen molar-refractivity contribution in [2.75, 3.05) is 0 Å². The van der Waals surface area contributed by atoms with Gasteiger partial charge in [-0.05, 0) is 37.2 Å². The summed E-state index contributed by atoms with van der Waals surface area (Å²) in [6, 6.07) is 2.32. The van der Waals surface area contributed by atoms with Gasteiger partial charge in [-0.2, -0.15) is 0 Å². The minimum atomic E-state index is -1.15. The molecule has 1 N–H and O–H groups in total. The fourth-order valence-electron chi connectivity index (χ4n) is 1.71. The molecule has 2 heterocycles. The van der Waals surface area contributed by atoms with Gasteiger partial charge in [0, 0.05) is 11.8 Å². The van der Waals surface area contributed by atoms with Gasteiger partial charge in [-0.3, -0.25) is 0 Å². The average molecular weight is 296 g/mol. The lowest BCUT2D eigenvalue weighted by molar-refractivity contribution is 0.0691. The summed E-state index contributed by atoms with van der Waals surface area (Å²) in [5.41, 5.74) is 1.12. The Bertz CT molecular complexity index is 692. The first-order valence-corrected chi connectivity index (χ1v) is 6.40. The highest BCUT2D eigenvalue weighted by atomic mass is 32.2. The summed E-state index contributed by atoms with van der Waals surface area (Å²) in [7, 11) is 0. The first-order chi connectivity index (χ1) is 9.38. The van der Waals surface area contributed by atoms with E-state index in [1.807, 2.05) is 0 Å². The van der Waals surface area contributed by atoms with Gasteiger partial charge in [0.15, 0.2) is 5.82 Å². The number of halogens is 2. The standard InChI is InChI=1S/C13H10F2N2O2S/c1-6-3-7(2)17-12(10(6)13(18)19)20-11-9(15)4-8(14)5-16-11/h3-5H,1-2H3,(H,18,19). The molecule has 0 saturated carbocycles. The quantitative estimate of drug-likeness (QED) is 0.942. The molecular formula is C13H10F2N2O2S. The van der Waals surface area contributed by atoms with E-state index in [1.54, 1.807) is 19.9 Å². The fraction of sp³-hybridized carbons (Fsp3) is 0.154. The Morgan fingerprint density at radius 1 is 1.25 bits per heavy atom. The third-order valence-corrected chi connectivity index (χ3v) is 3.48. The van der Waals surface area contributed by atoms with Crippen LogP contribution in [0.15, 0.2) is 28.4 Å². The molecule has 0 spiro atoms. The molecular weight excluding hydrogens is 286 g/mol. The first kappa shape index (κ1) is 14.4. The summed E-state index contributed by atoms with van der Waals surface area (Å²) < 4.78 is 26.4. The Morgan fingerprint density at radius 2 is 1.95 bits per heavy atom. The molecule has 0 aliphatic rings. The van der Waals surface area contributed by atoms with E-state index >= 15 is 0 Å². The third kappa shape index (κ3) is 2.93. The molecule has 0 amide bonds. The number of carboxylic acids is 1. The Kier molecular flexibility index (Phi) is 3.99. The van der Waals surface area contributed by atoms with Gasteiger partial charge in [0.05, 0.1) is 11.8 Å². The van der Waals surface area contributed by atoms with E-state index in [1.165, 1.54) is 0 Å². The smallest absolute Gasteiger partial charge is 0.338 e. The Morgan fingerprint density at radius 3 is 2.55 bits per heavy atom. The lowest BCUT2D eigenvalue weighted by Gasteiger charge is -2.09. The molecule has 2 aromatic heterocycles. The van der Waals surface area contributed by atoms with Crippen molar-refractivity contribution in [2.45, 2.75) is 23.9 Å². The van der Waals surface area contributed by atoms with Crippen molar-refractivity contribution in [1.29, 1.82) is 0 Å². The Hall–Kier alpha value is -2.02. The molecule has 7 heteroatoms. The van der Waals surface area contributed by atoms with Gasteiger partial charge >= 0.3 is 5.97 Å². The van der Waals surface area contributed by atoms with E-state index in [-0.39, 0.29) is 15.6 Å². The number of aromatic carboxylic acids is 1. The van der Waals surface area contributed by atoms with Crippen LogP contribution < -0.4 is 0 Å². The van der Waals surface area contributed by atoms with E-state index in [9.17, 15) is 18.7 Å². The third-order valence-electron chi connectivity index (χ3n) is 2.49. The second-order valence-electron chi connectivity index (χ2n) is 4.11. The number of carboxylic acid groups (broad SMARTS) is 1. The van der Waals surface area contributed by atoms with Crippen LogP contribution in [-0.2, 0) is 0 Å². The minimum Gasteiger partial charge on any atom is -0.478 e. The molecule has 0 fully saturated rings. The summed E-state index contributed by atoms with van der Waals surface area (Å²) in [6.07, 6.45) is 0.870. The van der Waals surface area contributed by atoms with E-state index in [4.69, 9.17) is 0 Å². The SMILES string of the molecule is Cc1cc(C)c(C(=O)O)c(Sc2ncc(F)cc2F)n1. The zero-order valence-electron chi connectivity index (χ0n) is 10.6. The van der Waals surface area contributed by atoms with E-state index in [0.29, 0.717) is 17.3 Å². The van der Waals surface area contributed by atoms with Gasteiger partial charge in [0.25, 0.3) is 0 Å². The van der Waals surface area contributed by atoms with E-state index < -0.39 is 17.6 Å². The maximum atomic E-state index is 13.6. The van der Waals surface area contributed by atoms with Crippen LogP contribution in [0.2, 0.25) is 0 Å². The molecule has 20 heavy (non-hydrogen) atoms. The summed E-state index contributed by atoms with van der Waals surface area (Å²) in [4.78, 5) is 19.0. The maximum absolute atomic E-state index is 13.6. The van der Waals surface area contributed by atoms with Crippen LogP contribution >= 0.6 is 11.8 Å². The summed E-state index contributed by atoms with van der Waals surface area (Å²) in [6.45, 7) is 3.34. The second-order valence-corrected chi connectivity index (χ2v) is 5.09. The molecule has 4 nitrogen and oxygen atoms in total. The van der Waals surface area contributed by atoms with Gasteiger partial charge in [-0.1, -0.05) is 0 Å². The Balaban J connectivity index is 2.50. The summed E-state index contributed by atoms with van der Waals surface area (Å²) in [5.74, 6) is -2.80. The van der Waals surface area contributed by atoms with Crippen LogP contribution in [-0.4, -0.2) is 21.0 Å². The van der Waals surface area contributed by atoms with Crippen molar-refractivity contribution < 1.29 is 18.7 Å². The number of pyridine rings is 2. The van der Waals surface area contributed by atoms with Gasteiger partial charge in [-0.25, -0.2) is 23.5 Å². The fourth-order valence-corrected chi connectivity index (χ4v) is 2.69. The molecule has 0 aromatic carbocycles. The number of hydrogen-bond acceptors (Lipinski definition) is 4. The normalized spacial score (nSPS) is 10.6. The molecule has 0 bridgehead atoms. The van der Waals surface area contributed by atoms with Crippen molar-refractivity contribution in [3.05, 3.63) is 46.8 Å². The monoisotopic (exact) mass is 296 g/mol. The number of hydrogen-bond donors (Lipinski definition) is 1. The molecule has 0 saturated heterocycles. The maximum Gasteiger partial charge on any atom is 0.338 e. The number of aromatic nitrogens is 2. The van der Waals surface area contributed by atoms with Crippen LogP contribution in [0, 0.1) is 25.5 Å². The molecule has 0 unspecified atom stereocenters. The summed E-state index contributed by atoms with van der Waals surface area (Å²) >= 11 is 0.761. The molecule has 2 rings (SSSR count). The van der Waals surface area contributed by atoms with E-state index in [2.05, 4.69) is 9.97 Å². The molecule has 0 atom stereocenters.